The lowest BCUT2D eigenvalue weighted by molar-refractivity contribution is -0.121. The third-order valence-corrected chi connectivity index (χ3v) is 5.07. The van der Waals surface area contributed by atoms with Crippen molar-refractivity contribution < 1.29 is 14.3 Å². The molecule has 8 nitrogen and oxygen atoms in total. The van der Waals surface area contributed by atoms with E-state index in [2.05, 4.69) is 36.3 Å². The van der Waals surface area contributed by atoms with Crippen LogP contribution in [0.25, 0.3) is 0 Å². The van der Waals surface area contributed by atoms with Crippen molar-refractivity contribution in [2.24, 2.45) is 0 Å². The number of carbonyl (C=O) groups excluding carboxylic acids is 1. The first-order valence-corrected chi connectivity index (χ1v) is 10.3. The van der Waals surface area contributed by atoms with Gasteiger partial charge in [-0.2, -0.15) is 0 Å². The van der Waals surface area contributed by atoms with E-state index in [4.69, 9.17) is 9.47 Å². The molecule has 0 atom stereocenters. The largest absolute Gasteiger partial charge is 0.378 e. The van der Waals surface area contributed by atoms with Crippen molar-refractivity contribution in [2.75, 3.05) is 38.3 Å². The van der Waals surface area contributed by atoms with Gasteiger partial charge in [-0.15, -0.1) is 0 Å². The summed E-state index contributed by atoms with van der Waals surface area (Å²) < 4.78 is 11.9. The summed E-state index contributed by atoms with van der Waals surface area (Å²) in [7, 11) is 1.56. The van der Waals surface area contributed by atoms with Crippen molar-refractivity contribution in [3.8, 4) is 0 Å². The van der Waals surface area contributed by atoms with Crippen LogP contribution in [0.1, 0.15) is 36.6 Å². The van der Waals surface area contributed by atoms with Gasteiger partial charge in [0, 0.05) is 32.8 Å². The third kappa shape index (κ3) is 5.67. The highest BCUT2D eigenvalue weighted by Crippen LogP contribution is 2.15. The number of nitrogens with one attached hydrogen (secondary N) is 1. The Morgan fingerprint density at radius 3 is 2.57 bits per heavy atom. The fraction of sp³-hybridized carbons (Fsp3) is 0.500. The fourth-order valence-corrected chi connectivity index (χ4v) is 3.34. The molecule has 1 amide bonds. The molecular weight excluding hydrogens is 384 g/mol. The van der Waals surface area contributed by atoms with Gasteiger partial charge in [0.2, 0.25) is 11.9 Å². The fourth-order valence-electron chi connectivity index (χ4n) is 3.34. The highest BCUT2D eigenvalue weighted by molar-refractivity contribution is 5.76. The highest BCUT2D eigenvalue weighted by atomic mass is 16.5. The van der Waals surface area contributed by atoms with E-state index in [-0.39, 0.29) is 24.6 Å². The Bertz CT molecular complexity index is 902. The number of hydrogen-bond donors (Lipinski definition) is 1. The molecule has 1 N–H and O–H groups in total. The Morgan fingerprint density at radius 1 is 1.23 bits per heavy atom. The van der Waals surface area contributed by atoms with Gasteiger partial charge in [-0.25, -0.2) is 4.98 Å². The number of aromatic nitrogens is 2. The van der Waals surface area contributed by atoms with Crippen LogP contribution in [0, 0.1) is 0 Å². The number of methoxy groups -OCH3 is 1. The first-order chi connectivity index (χ1) is 14.5. The molecule has 30 heavy (non-hydrogen) atoms. The average Bonchev–Trinajstić information content (AvgIpc) is 2.75. The summed E-state index contributed by atoms with van der Waals surface area (Å²) in [6.45, 7) is 7.21. The Morgan fingerprint density at radius 2 is 1.93 bits per heavy atom. The maximum Gasteiger partial charge on any atom is 0.255 e. The zero-order valence-electron chi connectivity index (χ0n) is 17.9. The summed E-state index contributed by atoms with van der Waals surface area (Å²) in [5.74, 6) is 0.711. The van der Waals surface area contributed by atoms with Crippen LogP contribution in [-0.2, 0) is 34.0 Å². The maximum absolute atomic E-state index is 12.7. The van der Waals surface area contributed by atoms with Gasteiger partial charge in [-0.05, 0) is 17.0 Å². The molecule has 0 aliphatic carbocycles. The van der Waals surface area contributed by atoms with Crippen LogP contribution in [0.5, 0.6) is 0 Å². The number of nitrogens with zero attached hydrogens (tertiary/aromatic N) is 3. The second-order valence-electron chi connectivity index (χ2n) is 7.68. The summed E-state index contributed by atoms with van der Waals surface area (Å²) in [4.78, 5) is 31.9. The minimum absolute atomic E-state index is 0.0874. The second kappa shape index (κ2) is 10.4. The number of morpholine rings is 1. The van der Waals surface area contributed by atoms with Crippen molar-refractivity contribution >= 4 is 11.9 Å². The Hall–Kier alpha value is -2.71. The van der Waals surface area contributed by atoms with E-state index in [1.54, 1.807) is 7.11 Å². The molecule has 2 heterocycles. The van der Waals surface area contributed by atoms with Gasteiger partial charge in [0.25, 0.3) is 5.56 Å². The molecule has 1 aliphatic heterocycles. The summed E-state index contributed by atoms with van der Waals surface area (Å²) in [6, 6.07) is 9.60. The molecular formula is C22H30N4O4. The van der Waals surface area contributed by atoms with Gasteiger partial charge in [0.15, 0.2) is 0 Å². The summed E-state index contributed by atoms with van der Waals surface area (Å²) >= 11 is 0. The van der Waals surface area contributed by atoms with Crippen LogP contribution in [0.2, 0.25) is 0 Å². The van der Waals surface area contributed by atoms with Crippen LogP contribution in [-0.4, -0.2) is 48.9 Å². The maximum atomic E-state index is 12.7. The molecule has 8 heteroatoms. The number of hydrogen-bond acceptors (Lipinski definition) is 6. The van der Waals surface area contributed by atoms with E-state index in [9.17, 15) is 9.59 Å². The average molecular weight is 415 g/mol. The molecule has 2 aromatic rings. The number of benzene rings is 1. The van der Waals surface area contributed by atoms with E-state index in [1.807, 2.05) is 17.0 Å². The van der Waals surface area contributed by atoms with Crippen LogP contribution in [0.4, 0.5) is 5.95 Å². The molecule has 1 saturated heterocycles. The smallest absolute Gasteiger partial charge is 0.255 e. The van der Waals surface area contributed by atoms with Crippen molar-refractivity contribution in [3.05, 3.63) is 57.5 Å². The minimum Gasteiger partial charge on any atom is -0.378 e. The molecule has 1 fully saturated rings. The number of anilines is 1. The molecule has 0 radical (unpaired) electrons. The number of amides is 1. The van der Waals surface area contributed by atoms with Gasteiger partial charge in [0.05, 0.1) is 25.5 Å². The topological polar surface area (TPSA) is 85.7 Å². The predicted octanol–water partition coefficient (Wildman–Crippen LogP) is 1.67. The molecule has 1 aromatic heterocycles. The van der Waals surface area contributed by atoms with E-state index >= 15 is 0 Å². The first kappa shape index (κ1) is 22.0. The number of ether oxygens (including phenoxy) is 2. The van der Waals surface area contributed by atoms with Crippen LogP contribution in [0.15, 0.2) is 35.1 Å². The lowest BCUT2D eigenvalue weighted by Crippen LogP contribution is -2.42. The lowest BCUT2D eigenvalue weighted by Gasteiger charge is -2.29. The summed E-state index contributed by atoms with van der Waals surface area (Å²) in [5.41, 5.74) is 2.55. The van der Waals surface area contributed by atoms with Crippen LogP contribution >= 0.6 is 0 Å². The zero-order valence-corrected chi connectivity index (χ0v) is 17.9. The van der Waals surface area contributed by atoms with Gasteiger partial charge in [0.1, 0.15) is 6.54 Å². The van der Waals surface area contributed by atoms with Gasteiger partial charge >= 0.3 is 0 Å². The van der Waals surface area contributed by atoms with Crippen LogP contribution in [0.3, 0.4) is 0 Å². The number of rotatable bonds is 8. The van der Waals surface area contributed by atoms with Crippen molar-refractivity contribution in [3.63, 3.8) is 0 Å². The highest BCUT2D eigenvalue weighted by Gasteiger charge is 2.20. The van der Waals surface area contributed by atoms with E-state index < -0.39 is 0 Å². The molecule has 1 aliphatic rings. The monoisotopic (exact) mass is 414 g/mol. The molecule has 162 valence electrons. The van der Waals surface area contributed by atoms with E-state index in [0.29, 0.717) is 50.4 Å². The van der Waals surface area contributed by atoms with Gasteiger partial charge in [-0.1, -0.05) is 38.1 Å². The standard InChI is InChI=1S/C22H30N4O4/c1-16(2)18-6-4-17(5-7-18)13-23-20(27)14-26-21(28)12-19(15-29-3)24-22(26)25-8-10-30-11-9-25/h4-7,12,16H,8-11,13-15H2,1-3H3,(H,23,27). The van der Waals surface area contributed by atoms with Crippen molar-refractivity contribution in [2.45, 2.75) is 39.5 Å². The SMILES string of the molecule is COCc1cc(=O)n(CC(=O)NCc2ccc(C(C)C)cc2)c(N2CCOCC2)n1. The van der Waals surface area contributed by atoms with E-state index in [0.717, 1.165) is 5.56 Å². The summed E-state index contributed by atoms with van der Waals surface area (Å²) in [6.07, 6.45) is 0. The van der Waals surface area contributed by atoms with Gasteiger partial charge < -0.3 is 19.7 Å². The molecule has 3 rings (SSSR count). The Kier molecular flexibility index (Phi) is 7.59. The molecule has 1 aromatic carbocycles. The first-order valence-electron chi connectivity index (χ1n) is 10.3. The Balaban J connectivity index is 1.72. The molecule has 0 spiro atoms. The minimum atomic E-state index is -0.269. The Labute approximate surface area is 176 Å². The summed E-state index contributed by atoms with van der Waals surface area (Å²) in [5, 5.41) is 2.90. The van der Waals surface area contributed by atoms with Crippen molar-refractivity contribution in [1.82, 2.24) is 14.9 Å². The molecule has 0 bridgehead atoms. The quantitative estimate of drug-likeness (QED) is 0.707. The van der Waals surface area contributed by atoms with Crippen molar-refractivity contribution in [1.29, 1.82) is 0 Å². The third-order valence-electron chi connectivity index (χ3n) is 5.07. The lowest BCUT2D eigenvalue weighted by atomic mass is 10.0. The molecule has 0 saturated carbocycles. The normalized spacial score (nSPS) is 14.2. The van der Waals surface area contributed by atoms with Crippen LogP contribution < -0.4 is 15.8 Å². The predicted molar refractivity (Wildman–Crippen MR) is 115 cm³/mol. The zero-order chi connectivity index (χ0) is 21.5. The second-order valence-corrected chi connectivity index (χ2v) is 7.68. The number of carbonyl (C=O) groups is 1. The van der Waals surface area contributed by atoms with Gasteiger partial charge in [-0.3, -0.25) is 14.2 Å². The van der Waals surface area contributed by atoms with E-state index in [1.165, 1.54) is 16.2 Å². The molecule has 0 unspecified atom stereocenters.